The van der Waals surface area contributed by atoms with Crippen LogP contribution in [-0.2, 0) is 36.9 Å². The van der Waals surface area contributed by atoms with Gasteiger partial charge in [-0.3, -0.25) is 19.5 Å². The molecule has 3 N–H and O–H groups in total. The minimum Gasteiger partial charge on any atom is -0.497 e. The third-order valence-electron chi connectivity index (χ3n) is 15.0. The molecule has 2 aromatic carbocycles. The molecule has 0 amide bonds. The molecule has 392 valence electrons. The van der Waals surface area contributed by atoms with Crippen LogP contribution in [0.3, 0.4) is 0 Å². The van der Waals surface area contributed by atoms with Gasteiger partial charge < -0.3 is 44.1 Å². The quantitative estimate of drug-likeness (QED) is 0.109. The Morgan fingerprint density at radius 1 is 0.931 bits per heavy atom. The Kier molecular flexibility index (Phi) is 19.7. The normalized spacial score (nSPS) is 30.8. The van der Waals surface area contributed by atoms with E-state index in [0.717, 1.165) is 71.6 Å². The fourth-order valence-electron chi connectivity index (χ4n) is 10.8. The van der Waals surface area contributed by atoms with Crippen molar-refractivity contribution in [2.75, 3.05) is 47.4 Å². The van der Waals surface area contributed by atoms with Crippen LogP contribution in [0, 0.1) is 23.7 Å². The summed E-state index contributed by atoms with van der Waals surface area (Å²) < 4.78 is 26.7. The van der Waals surface area contributed by atoms with Crippen molar-refractivity contribution in [3.8, 4) is 11.4 Å². The first-order valence-electron chi connectivity index (χ1n) is 26.1. The largest absolute Gasteiger partial charge is 0.497 e. The molecule has 2 saturated heterocycles. The van der Waals surface area contributed by atoms with Gasteiger partial charge in [-0.25, -0.2) is 4.68 Å². The van der Waals surface area contributed by atoms with Crippen LogP contribution in [0.2, 0.25) is 0 Å². The van der Waals surface area contributed by atoms with E-state index in [-0.39, 0.29) is 18.1 Å². The summed E-state index contributed by atoms with van der Waals surface area (Å²) in [6, 6.07) is 17.1. The number of para-hydroxylation sites is 1. The highest BCUT2D eigenvalue weighted by Gasteiger charge is 2.47. The molecular weight excluding hydrogens is 915 g/mol. The van der Waals surface area contributed by atoms with Crippen molar-refractivity contribution in [1.29, 1.82) is 0 Å². The van der Waals surface area contributed by atoms with Gasteiger partial charge in [-0.05, 0) is 122 Å². The lowest BCUT2D eigenvalue weighted by molar-refractivity contribution is -0.304. The van der Waals surface area contributed by atoms with Crippen molar-refractivity contribution in [3.05, 3.63) is 102 Å². The van der Waals surface area contributed by atoms with Crippen molar-refractivity contribution in [2.45, 2.75) is 142 Å². The third kappa shape index (κ3) is 14.4. The van der Waals surface area contributed by atoms with Gasteiger partial charge >= 0.3 is 5.97 Å². The number of allylic oxidation sites excluding steroid dienone is 3. The predicted octanol–water partition coefficient (Wildman–Crippen LogP) is 6.54. The summed E-state index contributed by atoms with van der Waals surface area (Å²) in [5.74, 6) is -1.54. The minimum absolute atomic E-state index is 0.0499. The van der Waals surface area contributed by atoms with Crippen LogP contribution in [-0.4, -0.2) is 158 Å². The maximum atomic E-state index is 14.3. The Morgan fingerprint density at radius 3 is 2.40 bits per heavy atom. The molecule has 12 atom stereocenters. The van der Waals surface area contributed by atoms with E-state index in [0.29, 0.717) is 38.9 Å². The lowest BCUT2D eigenvalue weighted by atomic mass is 9.79. The molecule has 3 aliphatic rings. The fraction of sp³-hybridized carbons (Fsp3) is 0.589. The molecule has 5 heterocycles. The standard InChI is InChI=1S/C56H79N7O9/c1-9-50-43(33-61-24-13-10-14-25-61)27-36(2)17-22-48(64)37(3)28-42(55(38(4)49(65)30-51(66)71-50)72-56-54(68)52(60(6)7)53(67)39(5)70-56)23-26-62(32-40-18-20-46(69-8)21-19-40)34-44-35-63(59-58-44)45-29-41-15-11-12-16-47(41)57-31-45/h11-12,15-22,27,29,31,35,37-39,42-43,49-50,52-56,65,67-68H,9-10,13-14,23-26,28,30,32-34H2,1-8H3/b22-17+,36-27+/t37-,38+,39-,42+,43-,49-,50-,52+,53-,54-,55-,56+/m1/s1. The van der Waals surface area contributed by atoms with Crippen LogP contribution in [0.25, 0.3) is 16.6 Å². The van der Waals surface area contributed by atoms with Crippen molar-refractivity contribution >= 4 is 22.7 Å². The number of rotatable bonds is 15. The molecule has 0 bridgehead atoms. The Bertz CT molecular complexity index is 2420. The van der Waals surface area contributed by atoms with Crippen LogP contribution in [0.5, 0.6) is 5.75 Å². The number of ketones is 1. The number of aliphatic hydroxyl groups is 3. The zero-order chi connectivity index (χ0) is 51.5. The number of aliphatic hydroxyl groups excluding tert-OH is 3. The average molecular weight is 994 g/mol. The van der Waals surface area contributed by atoms with Crippen LogP contribution in [0.4, 0.5) is 0 Å². The zero-order valence-corrected chi connectivity index (χ0v) is 43.6. The van der Waals surface area contributed by atoms with E-state index >= 15 is 0 Å². The number of likely N-dealkylation sites (tertiary alicyclic amines) is 1. The van der Waals surface area contributed by atoms with Crippen LogP contribution < -0.4 is 4.74 Å². The lowest BCUT2D eigenvalue weighted by Gasteiger charge is -2.46. The molecule has 2 aromatic heterocycles. The number of ether oxygens (including phenoxy) is 4. The van der Waals surface area contributed by atoms with E-state index in [1.807, 2.05) is 94.6 Å². The van der Waals surface area contributed by atoms with Gasteiger partial charge in [-0.2, -0.15) is 0 Å². The van der Waals surface area contributed by atoms with Crippen LogP contribution >= 0.6 is 0 Å². The molecule has 0 radical (unpaired) electrons. The van der Waals surface area contributed by atoms with Gasteiger partial charge in [0.2, 0.25) is 0 Å². The molecule has 16 nitrogen and oxygen atoms in total. The summed E-state index contributed by atoms with van der Waals surface area (Å²) in [6.07, 6.45) is 7.22. The summed E-state index contributed by atoms with van der Waals surface area (Å²) >= 11 is 0. The SMILES string of the molecule is CC[C@H]1OC(=O)C[C@@H](O)[C@H](C)[C@@H](O[C@@H]2O[C@H](C)[C@@H](O)[C@H](N(C)C)[C@H]2O)[C@@H](CCN(Cc2ccc(OC)cc2)Cc2cn(-c3cnc4ccccc4c3)nn2)C[C@@H](C)C(=O)/C=C/C(C)=C/[C@@H]1CN1CCCCC1. The first kappa shape index (κ1) is 54.9. The summed E-state index contributed by atoms with van der Waals surface area (Å²) in [4.78, 5) is 39.4. The Morgan fingerprint density at radius 2 is 1.68 bits per heavy atom. The molecule has 72 heavy (non-hydrogen) atoms. The molecular formula is C56H79N7O9. The highest BCUT2D eigenvalue weighted by Crippen LogP contribution is 2.35. The molecule has 0 unspecified atom stereocenters. The van der Waals surface area contributed by atoms with E-state index in [1.54, 1.807) is 50.0 Å². The van der Waals surface area contributed by atoms with Gasteiger partial charge in [0.1, 0.15) is 18.0 Å². The number of esters is 1. The summed E-state index contributed by atoms with van der Waals surface area (Å²) in [5, 5.41) is 45.4. The maximum Gasteiger partial charge on any atom is 0.308 e. The summed E-state index contributed by atoms with van der Waals surface area (Å²) in [6.45, 7) is 13.6. The number of hydrogen-bond donors (Lipinski definition) is 3. The lowest BCUT2D eigenvalue weighted by Crippen LogP contribution is -2.63. The van der Waals surface area contributed by atoms with Crippen LogP contribution in [0.15, 0.2) is 90.8 Å². The third-order valence-corrected chi connectivity index (χ3v) is 15.0. The number of carbonyl (C=O) groups excluding carboxylic acids is 2. The Labute approximate surface area is 426 Å². The number of fused-ring (bicyclic) bond motifs is 1. The summed E-state index contributed by atoms with van der Waals surface area (Å²) in [7, 11) is 5.21. The summed E-state index contributed by atoms with van der Waals surface area (Å²) in [5.41, 5.74) is 4.34. The van der Waals surface area contributed by atoms with Gasteiger partial charge in [0.15, 0.2) is 12.1 Å². The van der Waals surface area contributed by atoms with Crippen LogP contribution in [0.1, 0.15) is 90.8 Å². The first-order chi connectivity index (χ1) is 34.6. The second-order valence-electron chi connectivity index (χ2n) is 20.8. The molecule has 0 saturated carbocycles. The number of nitrogens with zero attached hydrogens (tertiary/aromatic N) is 7. The maximum absolute atomic E-state index is 14.3. The predicted molar refractivity (Wildman–Crippen MR) is 276 cm³/mol. The topological polar surface area (TPSA) is 185 Å². The van der Waals surface area contributed by atoms with Crippen molar-refractivity contribution in [2.24, 2.45) is 23.7 Å². The number of cyclic esters (lactones) is 1. The van der Waals surface area contributed by atoms with Gasteiger partial charge in [-0.15, -0.1) is 5.10 Å². The number of hydrogen-bond acceptors (Lipinski definition) is 15. The van der Waals surface area contributed by atoms with Gasteiger partial charge in [0, 0.05) is 42.8 Å². The number of aromatic nitrogens is 4. The first-order valence-corrected chi connectivity index (χ1v) is 26.1. The molecule has 7 rings (SSSR count). The highest BCUT2D eigenvalue weighted by atomic mass is 16.7. The van der Waals surface area contributed by atoms with E-state index in [1.165, 1.54) is 6.42 Å². The van der Waals surface area contributed by atoms with E-state index < -0.39 is 72.7 Å². The second-order valence-corrected chi connectivity index (χ2v) is 20.8. The monoisotopic (exact) mass is 994 g/mol. The van der Waals surface area contributed by atoms with Crippen molar-refractivity contribution < 1.29 is 43.9 Å². The fourth-order valence-corrected chi connectivity index (χ4v) is 10.8. The van der Waals surface area contributed by atoms with Gasteiger partial charge in [0.05, 0.1) is 73.3 Å². The van der Waals surface area contributed by atoms with Crippen molar-refractivity contribution in [3.63, 3.8) is 0 Å². The molecule has 2 fully saturated rings. The second kappa shape index (κ2) is 25.8. The molecule has 4 aromatic rings. The Hall–Kier alpha value is -4.91. The molecule has 16 heteroatoms. The number of pyridine rings is 1. The number of carbonyl (C=O) groups is 2. The average Bonchev–Trinajstić information content (AvgIpc) is 3.84. The Balaban J connectivity index is 1.23. The minimum atomic E-state index is -1.27. The number of piperidine rings is 1. The number of benzene rings is 2. The van der Waals surface area contributed by atoms with Gasteiger partial charge in [-0.1, -0.05) is 80.5 Å². The highest BCUT2D eigenvalue weighted by molar-refractivity contribution is 5.91. The molecule has 0 spiro atoms. The molecule has 3 aliphatic heterocycles. The van der Waals surface area contributed by atoms with E-state index in [9.17, 15) is 24.9 Å². The number of methoxy groups -OCH3 is 1. The zero-order valence-electron chi connectivity index (χ0n) is 43.6. The van der Waals surface area contributed by atoms with Gasteiger partial charge in [0.25, 0.3) is 0 Å². The molecule has 0 aliphatic carbocycles. The number of likely N-dealkylation sites (N-methyl/N-ethyl adjacent to an activating group) is 1. The smallest absolute Gasteiger partial charge is 0.308 e. The van der Waals surface area contributed by atoms with E-state index in [4.69, 9.17) is 18.9 Å². The van der Waals surface area contributed by atoms with E-state index in [2.05, 4.69) is 31.2 Å². The van der Waals surface area contributed by atoms with Crippen molar-refractivity contribution in [1.82, 2.24) is 34.7 Å².